The monoisotopic (exact) mass is 280 g/mol. The van der Waals surface area contributed by atoms with Gasteiger partial charge in [0.25, 0.3) is 5.91 Å². The second-order valence-corrected chi connectivity index (χ2v) is 5.83. The molecule has 0 bridgehead atoms. The molecular weight excluding hydrogens is 260 g/mol. The fourth-order valence-electron chi connectivity index (χ4n) is 1.45. The minimum Gasteiger partial charge on any atom is -0.481 e. The number of amides is 1. The van der Waals surface area contributed by atoms with Crippen molar-refractivity contribution in [1.29, 1.82) is 0 Å². The fraction of sp³-hybridized carbons (Fsp3) is 0.429. The molecule has 3 N–H and O–H groups in total. The van der Waals surface area contributed by atoms with Crippen LogP contribution in [0.15, 0.2) is 24.3 Å². The third kappa shape index (κ3) is 5.26. The average Bonchev–Trinajstić information content (AvgIpc) is 2.27. The number of hydrogen-bond donors (Lipinski definition) is 2. The predicted molar refractivity (Wildman–Crippen MR) is 80.3 cm³/mol. The largest absolute Gasteiger partial charge is 0.481 e. The summed E-state index contributed by atoms with van der Waals surface area (Å²) in [4.78, 5) is 12.2. The molecule has 0 aliphatic rings. The smallest absolute Gasteiger partial charge is 0.261 e. The summed E-state index contributed by atoms with van der Waals surface area (Å²) in [6, 6.07) is 7.08. The first-order chi connectivity index (χ1) is 8.69. The molecule has 1 rings (SSSR count). The highest BCUT2D eigenvalue weighted by Crippen LogP contribution is 2.15. The first-order valence-corrected chi connectivity index (χ1v) is 6.48. The third-order valence-electron chi connectivity index (χ3n) is 2.30. The van der Waals surface area contributed by atoms with E-state index in [-0.39, 0.29) is 11.4 Å². The summed E-state index contributed by atoms with van der Waals surface area (Å²) in [7, 11) is 0. The molecule has 1 amide bonds. The van der Waals surface area contributed by atoms with Gasteiger partial charge in [0.15, 0.2) is 6.10 Å². The Morgan fingerprint density at radius 3 is 2.58 bits per heavy atom. The number of nitrogens with two attached hydrogens (primary N) is 1. The molecule has 0 spiro atoms. The quantitative estimate of drug-likeness (QED) is 0.828. The summed E-state index contributed by atoms with van der Waals surface area (Å²) in [5.41, 5.74) is 5.99. The number of benzene rings is 1. The van der Waals surface area contributed by atoms with Crippen molar-refractivity contribution in [3.8, 4) is 5.75 Å². The summed E-state index contributed by atoms with van der Waals surface area (Å²) in [6.45, 7) is 7.47. The fourth-order valence-corrected chi connectivity index (χ4v) is 1.58. The zero-order valence-corrected chi connectivity index (χ0v) is 12.5. The molecule has 0 fully saturated rings. The van der Waals surface area contributed by atoms with Gasteiger partial charge >= 0.3 is 0 Å². The van der Waals surface area contributed by atoms with Gasteiger partial charge in [-0.05, 0) is 39.8 Å². The van der Waals surface area contributed by atoms with Crippen LogP contribution in [0.4, 0.5) is 0 Å². The van der Waals surface area contributed by atoms with Crippen LogP contribution in [-0.4, -0.2) is 22.5 Å². The molecule has 0 radical (unpaired) electrons. The van der Waals surface area contributed by atoms with Crippen LogP contribution in [0.5, 0.6) is 5.75 Å². The Hall–Kier alpha value is -1.62. The highest BCUT2D eigenvalue weighted by atomic mass is 32.1. The highest BCUT2D eigenvalue weighted by Gasteiger charge is 2.20. The summed E-state index contributed by atoms with van der Waals surface area (Å²) in [5, 5.41) is 2.86. The van der Waals surface area contributed by atoms with Crippen molar-refractivity contribution in [3.05, 3.63) is 29.8 Å². The van der Waals surface area contributed by atoms with Gasteiger partial charge < -0.3 is 15.8 Å². The SMILES string of the molecule is CC(Oc1cccc(C(N)=S)c1)C(=O)NC(C)(C)C. The highest BCUT2D eigenvalue weighted by molar-refractivity contribution is 7.80. The molecular formula is C14H20N2O2S. The molecule has 0 aromatic heterocycles. The lowest BCUT2D eigenvalue weighted by atomic mass is 10.1. The van der Waals surface area contributed by atoms with E-state index in [0.29, 0.717) is 10.7 Å². The van der Waals surface area contributed by atoms with Gasteiger partial charge in [-0.25, -0.2) is 0 Å². The standard InChI is InChI=1S/C14H20N2O2S/c1-9(13(17)16-14(2,3)4)18-11-7-5-6-10(8-11)12(15)19/h5-9H,1-4H3,(H2,15,19)(H,16,17). The Balaban J connectivity index is 2.71. The lowest BCUT2D eigenvalue weighted by molar-refractivity contribution is -0.128. The Bertz CT molecular complexity index is 481. The molecule has 1 atom stereocenters. The second-order valence-electron chi connectivity index (χ2n) is 5.39. The molecule has 0 saturated heterocycles. The van der Waals surface area contributed by atoms with Crippen LogP contribution in [0.2, 0.25) is 0 Å². The van der Waals surface area contributed by atoms with E-state index in [9.17, 15) is 4.79 Å². The molecule has 0 saturated carbocycles. The van der Waals surface area contributed by atoms with Gasteiger partial charge in [-0.2, -0.15) is 0 Å². The Morgan fingerprint density at radius 1 is 1.42 bits per heavy atom. The van der Waals surface area contributed by atoms with Crippen LogP contribution < -0.4 is 15.8 Å². The van der Waals surface area contributed by atoms with E-state index in [1.54, 1.807) is 31.2 Å². The summed E-state index contributed by atoms with van der Waals surface area (Å²) < 4.78 is 5.59. The Morgan fingerprint density at radius 2 is 2.05 bits per heavy atom. The van der Waals surface area contributed by atoms with Gasteiger partial charge in [-0.15, -0.1) is 0 Å². The number of carbonyl (C=O) groups excluding carboxylic acids is 1. The van der Waals surface area contributed by atoms with Crippen molar-refractivity contribution in [2.75, 3.05) is 0 Å². The predicted octanol–water partition coefficient (Wildman–Crippen LogP) is 2.00. The maximum absolute atomic E-state index is 11.9. The van der Waals surface area contributed by atoms with Crippen molar-refractivity contribution in [2.45, 2.75) is 39.3 Å². The van der Waals surface area contributed by atoms with Crippen LogP contribution in [0.3, 0.4) is 0 Å². The first kappa shape index (κ1) is 15.4. The lowest BCUT2D eigenvalue weighted by Gasteiger charge is -2.23. The zero-order valence-electron chi connectivity index (χ0n) is 11.7. The molecule has 0 aliphatic carbocycles. The first-order valence-electron chi connectivity index (χ1n) is 6.07. The number of nitrogens with one attached hydrogen (secondary N) is 1. The zero-order chi connectivity index (χ0) is 14.6. The van der Waals surface area contributed by atoms with Crippen molar-refractivity contribution in [1.82, 2.24) is 5.32 Å². The number of rotatable bonds is 4. The second kappa shape index (κ2) is 6.02. The van der Waals surface area contributed by atoms with Gasteiger partial charge in [-0.1, -0.05) is 24.4 Å². The van der Waals surface area contributed by atoms with Crippen LogP contribution >= 0.6 is 12.2 Å². The number of hydrogen-bond acceptors (Lipinski definition) is 3. The van der Waals surface area contributed by atoms with Crippen LogP contribution in [-0.2, 0) is 4.79 Å². The molecule has 104 valence electrons. The van der Waals surface area contributed by atoms with Crippen molar-refractivity contribution in [3.63, 3.8) is 0 Å². The van der Waals surface area contributed by atoms with E-state index in [1.807, 2.05) is 20.8 Å². The maximum Gasteiger partial charge on any atom is 0.261 e. The van der Waals surface area contributed by atoms with Gasteiger partial charge in [0.05, 0.1) is 0 Å². The minimum absolute atomic E-state index is 0.159. The van der Waals surface area contributed by atoms with Crippen molar-refractivity contribution in [2.24, 2.45) is 5.73 Å². The molecule has 0 aliphatic heterocycles. The molecule has 1 unspecified atom stereocenters. The van der Waals surface area contributed by atoms with Gasteiger partial charge in [0.1, 0.15) is 10.7 Å². The lowest BCUT2D eigenvalue weighted by Crippen LogP contribution is -2.46. The Labute approximate surface area is 119 Å². The van der Waals surface area contributed by atoms with Crippen molar-refractivity contribution < 1.29 is 9.53 Å². The van der Waals surface area contributed by atoms with E-state index in [2.05, 4.69) is 5.32 Å². The normalized spacial score (nSPS) is 12.6. The minimum atomic E-state index is -0.583. The molecule has 0 heterocycles. The summed E-state index contributed by atoms with van der Waals surface area (Å²) >= 11 is 4.90. The van der Waals surface area contributed by atoms with E-state index < -0.39 is 6.10 Å². The molecule has 1 aromatic rings. The van der Waals surface area contributed by atoms with Crippen molar-refractivity contribution >= 4 is 23.1 Å². The number of ether oxygens (including phenoxy) is 1. The van der Waals surface area contributed by atoms with E-state index in [1.165, 1.54) is 0 Å². The van der Waals surface area contributed by atoms with E-state index in [4.69, 9.17) is 22.7 Å². The molecule has 1 aromatic carbocycles. The van der Waals surface area contributed by atoms with Gasteiger partial charge in [0, 0.05) is 11.1 Å². The molecule has 5 heteroatoms. The van der Waals surface area contributed by atoms with Gasteiger partial charge in [-0.3, -0.25) is 4.79 Å². The van der Waals surface area contributed by atoms with Crippen LogP contribution in [0.1, 0.15) is 33.3 Å². The third-order valence-corrected chi connectivity index (χ3v) is 2.53. The van der Waals surface area contributed by atoms with Crippen LogP contribution in [0, 0.1) is 0 Å². The van der Waals surface area contributed by atoms with Gasteiger partial charge in [0.2, 0.25) is 0 Å². The average molecular weight is 280 g/mol. The molecule has 4 nitrogen and oxygen atoms in total. The number of thiocarbonyl (C=S) groups is 1. The van der Waals surface area contributed by atoms with Crippen LogP contribution in [0.25, 0.3) is 0 Å². The molecule has 19 heavy (non-hydrogen) atoms. The summed E-state index contributed by atoms with van der Waals surface area (Å²) in [6.07, 6.45) is -0.583. The Kier molecular flexibility index (Phi) is 4.89. The van der Waals surface area contributed by atoms with E-state index in [0.717, 1.165) is 5.56 Å². The topological polar surface area (TPSA) is 64.3 Å². The number of carbonyl (C=O) groups is 1. The summed E-state index contributed by atoms with van der Waals surface area (Å²) in [5.74, 6) is 0.412. The maximum atomic E-state index is 11.9. The van der Waals surface area contributed by atoms with E-state index >= 15 is 0 Å².